The van der Waals surface area contributed by atoms with Crippen molar-refractivity contribution in [2.75, 3.05) is 19.1 Å². The van der Waals surface area contributed by atoms with E-state index in [2.05, 4.69) is 53.3 Å². The summed E-state index contributed by atoms with van der Waals surface area (Å²) in [5.41, 5.74) is 0. The van der Waals surface area contributed by atoms with Gasteiger partial charge in [0.1, 0.15) is 0 Å². The van der Waals surface area contributed by atoms with Crippen LogP contribution in [0.4, 0.5) is 5.95 Å². The van der Waals surface area contributed by atoms with Crippen LogP contribution in [-0.4, -0.2) is 24.1 Å². The molecule has 7 heteroatoms. The maximum Gasteiger partial charge on any atom is 0.232 e. The largest absolute Gasteiger partial charge is 0.480 e. The summed E-state index contributed by atoms with van der Waals surface area (Å²) in [6, 6.07) is 2.09. The van der Waals surface area contributed by atoms with Crippen LogP contribution in [0.15, 0.2) is 26.6 Å². The normalized spacial score (nSPS) is 10.4. The van der Waals surface area contributed by atoms with Gasteiger partial charge in [0.2, 0.25) is 11.8 Å². The number of thiophene rings is 1. The molecule has 4 nitrogen and oxygen atoms in total. The Kier molecular flexibility index (Phi) is 4.58. The SMILES string of the molecule is COc1nc(N(C)Cc2cc(Br)cs2)ncc1Br. The van der Waals surface area contributed by atoms with Crippen LogP contribution in [0.1, 0.15) is 4.88 Å². The molecule has 2 rings (SSSR count). The van der Waals surface area contributed by atoms with Crippen molar-refractivity contribution in [2.24, 2.45) is 0 Å². The van der Waals surface area contributed by atoms with Gasteiger partial charge in [-0.2, -0.15) is 4.98 Å². The molecule has 0 saturated heterocycles. The smallest absolute Gasteiger partial charge is 0.232 e. The molecular formula is C11H11Br2N3OS. The number of anilines is 1. The second kappa shape index (κ2) is 5.99. The average Bonchev–Trinajstić information content (AvgIpc) is 2.75. The number of hydrogen-bond acceptors (Lipinski definition) is 5. The van der Waals surface area contributed by atoms with Gasteiger partial charge in [-0.3, -0.25) is 0 Å². The first-order valence-corrected chi connectivity index (χ1v) is 7.57. The highest BCUT2D eigenvalue weighted by Crippen LogP contribution is 2.25. The van der Waals surface area contributed by atoms with Crippen LogP contribution in [0.2, 0.25) is 0 Å². The first-order chi connectivity index (χ1) is 8.60. The lowest BCUT2D eigenvalue weighted by molar-refractivity contribution is 0.394. The molecule has 0 atom stereocenters. The van der Waals surface area contributed by atoms with Gasteiger partial charge in [-0.1, -0.05) is 0 Å². The molecule has 2 heterocycles. The van der Waals surface area contributed by atoms with Crippen LogP contribution in [0.25, 0.3) is 0 Å². The van der Waals surface area contributed by atoms with Gasteiger partial charge in [0.25, 0.3) is 0 Å². The number of nitrogens with zero attached hydrogens (tertiary/aromatic N) is 3. The van der Waals surface area contributed by atoms with Crippen LogP contribution in [0, 0.1) is 0 Å². The maximum absolute atomic E-state index is 5.16. The van der Waals surface area contributed by atoms with E-state index in [9.17, 15) is 0 Å². The Morgan fingerprint density at radius 2 is 2.22 bits per heavy atom. The predicted molar refractivity (Wildman–Crippen MR) is 80.4 cm³/mol. The fourth-order valence-electron chi connectivity index (χ4n) is 1.41. The van der Waals surface area contributed by atoms with Gasteiger partial charge in [-0.25, -0.2) is 4.98 Å². The van der Waals surface area contributed by atoms with Gasteiger partial charge in [0.15, 0.2) is 0 Å². The maximum atomic E-state index is 5.16. The van der Waals surface area contributed by atoms with Crippen LogP contribution < -0.4 is 9.64 Å². The first-order valence-electron chi connectivity index (χ1n) is 5.10. The monoisotopic (exact) mass is 391 g/mol. The zero-order valence-electron chi connectivity index (χ0n) is 9.85. The Labute approximate surface area is 126 Å². The minimum atomic E-state index is 0.541. The molecule has 0 aromatic carbocycles. The molecule has 0 aliphatic heterocycles. The second-order valence-corrected chi connectivity index (χ2v) is 6.38. The van der Waals surface area contributed by atoms with Crippen LogP contribution in [-0.2, 0) is 6.54 Å². The van der Waals surface area contributed by atoms with Crippen molar-refractivity contribution in [3.05, 3.63) is 31.5 Å². The first kappa shape index (κ1) is 13.8. The quantitative estimate of drug-likeness (QED) is 0.794. The molecule has 0 unspecified atom stereocenters. The Morgan fingerprint density at radius 1 is 1.44 bits per heavy atom. The van der Waals surface area contributed by atoms with Gasteiger partial charge in [0, 0.05) is 21.8 Å². The zero-order chi connectivity index (χ0) is 13.1. The highest BCUT2D eigenvalue weighted by molar-refractivity contribution is 9.10. The molecule has 2 aromatic rings. The molecule has 0 saturated carbocycles. The van der Waals surface area contributed by atoms with Crippen molar-refractivity contribution in [3.63, 3.8) is 0 Å². The van der Waals surface area contributed by atoms with E-state index in [4.69, 9.17) is 4.74 Å². The topological polar surface area (TPSA) is 38.2 Å². The van der Waals surface area contributed by atoms with E-state index in [0.29, 0.717) is 11.8 Å². The van der Waals surface area contributed by atoms with Gasteiger partial charge >= 0.3 is 0 Å². The van der Waals surface area contributed by atoms with Crippen molar-refractivity contribution in [1.82, 2.24) is 9.97 Å². The summed E-state index contributed by atoms with van der Waals surface area (Å²) in [5, 5.41) is 2.06. The van der Waals surface area contributed by atoms with Crippen molar-refractivity contribution in [3.8, 4) is 5.88 Å². The number of ether oxygens (including phenoxy) is 1. The van der Waals surface area contributed by atoms with E-state index in [1.165, 1.54) is 4.88 Å². The van der Waals surface area contributed by atoms with Crippen molar-refractivity contribution >= 4 is 49.1 Å². The molecule has 18 heavy (non-hydrogen) atoms. The fourth-order valence-corrected chi connectivity index (χ4v) is 3.27. The Hall–Kier alpha value is -0.660. The number of hydrogen-bond donors (Lipinski definition) is 0. The highest BCUT2D eigenvalue weighted by atomic mass is 79.9. The average molecular weight is 393 g/mol. The molecule has 96 valence electrons. The summed E-state index contributed by atoms with van der Waals surface area (Å²) < 4.78 is 7.01. The van der Waals surface area contributed by atoms with Crippen LogP contribution >= 0.6 is 43.2 Å². The number of halogens is 2. The Morgan fingerprint density at radius 3 is 2.83 bits per heavy atom. The molecule has 0 spiro atoms. The van der Waals surface area contributed by atoms with Crippen molar-refractivity contribution in [2.45, 2.75) is 6.54 Å². The van der Waals surface area contributed by atoms with E-state index in [0.717, 1.165) is 15.5 Å². The zero-order valence-corrected chi connectivity index (χ0v) is 13.8. The fraction of sp³-hybridized carbons (Fsp3) is 0.273. The third-order valence-corrected chi connectivity index (χ3v) is 4.48. The number of methoxy groups -OCH3 is 1. The number of rotatable bonds is 4. The van der Waals surface area contributed by atoms with E-state index < -0.39 is 0 Å². The van der Waals surface area contributed by atoms with Crippen molar-refractivity contribution < 1.29 is 4.74 Å². The van der Waals surface area contributed by atoms with Gasteiger partial charge in [-0.05, 0) is 37.9 Å². The summed E-state index contributed by atoms with van der Waals surface area (Å²) in [4.78, 5) is 11.8. The van der Waals surface area contributed by atoms with E-state index >= 15 is 0 Å². The Bertz CT molecular complexity index is 547. The standard InChI is InChI=1S/C11H11Br2N3OS/c1-16(5-8-3-7(12)6-18-8)11-14-4-9(13)10(15-11)17-2/h3-4,6H,5H2,1-2H3. The van der Waals surface area contributed by atoms with Gasteiger partial charge < -0.3 is 9.64 Å². The third-order valence-electron chi connectivity index (χ3n) is 2.25. The molecule has 0 bridgehead atoms. The molecule has 0 N–H and O–H groups in total. The molecule has 0 amide bonds. The minimum Gasteiger partial charge on any atom is -0.480 e. The summed E-state index contributed by atoms with van der Waals surface area (Å²) in [6.07, 6.45) is 1.70. The summed E-state index contributed by atoms with van der Waals surface area (Å²) in [7, 11) is 3.55. The highest BCUT2D eigenvalue weighted by Gasteiger charge is 2.10. The molecule has 0 aliphatic carbocycles. The summed E-state index contributed by atoms with van der Waals surface area (Å²) in [6.45, 7) is 0.765. The van der Waals surface area contributed by atoms with E-state index in [-0.39, 0.29) is 0 Å². The number of aromatic nitrogens is 2. The molecule has 2 aromatic heterocycles. The van der Waals surface area contributed by atoms with Gasteiger partial charge in [-0.15, -0.1) is 11.3 Å². The van der Waals surface area contributed by atoms with Crippen molar-refractivity contribution in [1.29, 1.82) is 0 Å². The van der Waals surface area contributed by atoms with Gasteiger partial charge in [0.05, 0.1) is 24.3 Å². The minimum absolute atomic E-state index is 0.541. The lowest BCUT2D eigenvalue weighted by atomic mass is 10.4. The lowest BCUT2D eigenvalue weighted by Crippen LogP contribution is -2.18. The summed E-state index contributed by atoms with van der Waals surface area (Å²) >= 11 is 8.48. The van der Waals surface area contributed by atoms with Crippen LogP contribution in [0.5, 0.6) is 5.88 Å². The Balaban J connectivity index is 2.15. The van der Waals surface area contributed by atoms with Crippen LogP contribution in [0.3, 0.4) is 0 Å². The molecular weight excluding hydrogens is 382 g/mol. The van der Waals surface area contributed by atoms with E-state index in [1.807, 2.05) is 11.9 Å². The predicted octanol–water partition coefficient (Wildman–Crippen LogP) is 3.71. The molecule has 0 fully saturated rings. The van der Waals surface area contributed by atoms with E-state index in [1.54, 1.807) is 24.6 Å². The second-order valence-electron chi connectivity index (χ2n) is 3.61. The molecule has 0 aliphatic rings. The summed E-state index contributed by atoms with van der Waals surface area (Å²) in [5.74, 6) is 1.18. The lowest BCUT2D eigenvalue weighted by Gasteiger charge is -2.16. The molecule has 0 radical (unpaired) electrons. The third kappa shape index (κ3) is 3.21.